The zero-order valence-corrected chi connectivity index (χ0v) is 10.0. The van der Waals surface area contributed by atoms with E-state index < -0.39 is 0 Å². The predicted octanol–water partition coefficient (Wildman–Crippen LogP) is 2.14. The summed E-state index contributed by atoms with van der Waals surface area (Å²) in [7, 11) is 0. The maximum Gasteiger partial charge on any atom is 0.357 e. The van der Waals surface area contributed by atoms with Crippen molar-refractivity contribution < 1.29 is 9.53 Å². The fourth-order valence-electron chi connectivity index (χ4n) is 1.30. The molecule has 0 amide bonds. The number of rotatable bonds is 3. The molecular formula is C9H11IN2O2. The molecule has 0 radical (unpaired) electrons. The van der Waals surface area contributed by atoms with E-state index in [1.165, 1.54) is 12.8 Å². The van der Waals surface area contributed by atoms with Crippen molar-refractivity contribution in [3.63, 3.8) is 0 Å². The zero-order valence-electron chi connectivity index (χ0n) is 7.86. The van der Waals surface area contributed by atoms with Gasteiger partial charge >= 0.3 is 5.97 Å². The molecule has 1 saturated carbocycles. The van der Waals surface area contributed by atoms with E-state index in [9.17, 15) is 4.79 Å². The molecular weight excluding hydrogens is 295 g/mol. The normalized spacial score (nSPS) is 15.6. The average molecular weight is 306 g/mol. The Kier molecular flexibility index (Phi) is 2.76. The summed E-state index contributed by atoms with van der Waals surface area (Å²) in [6, 6.07) is 1.84. The number of ether oxygens (including phenoxy) is 1. The van der Waals surface area contributed by atoms with Gasteiger partial charge in [-0.25, -0.2) is 4.79 Å². The van der Waals surface area contributed by atoms with E-state index in [1.807, 2.05) is 28.9 Å². The Morgan fingerprint density at radius 1 is 1.79 bits per heavy atom. The smallest absolute Gasteiger partial charge is 0.357 e. The summed E-state index contributed by atoms with van der Waals surface area (Å²) in [4.78, 5) is 11.4. The molecule has 1 aromatic heterocycles. The van der Waals surface area contributed by atoms with Crippen molar-refractivity contribution in [1.82, 2.24) is 7.99 Å². The topological polar surface area (TPSA) is 44.1 Å². The first-order valence-corrected chi connectivity index (χ1v) is 5.62. The van der Waals surface area contributed by atoms with Crippen LogP contribution in [0, 0.1) is 0 Å². The van der Waals surface area contributed by atoms with E-state index >= 15 is 0 Å². The van der Waals surface area contributed by atoms with Crippen LogP contribution in [0.15, 0.2) is 6.07 Å². The molecule has 0 saturated heterocycles. The molecule has 1 fully saturated rings. The van der Waals surface area contributed by atoms with Gasteiger partial charge in [-0.1, -0.05) is 0 Å². The van der Waals surface area contributed by atoms with Gasteiger partial charge in [-0.15, -0.1) is 0 Å². The highest BCUT2D eigenvalue weighted by Crippen LogP contribution is 2.39. The highest BCUT2D eigenvalue weighted by Gasteiger charge is 2.28. The van der Waals surface area contributed by atoms with E-state index in [1.54, 1.807) is 9.82 Å². The lowest BCUT2D eigenvalue weighted by Crippen LogP contribution is -2.07. The molecule has 2 rings (SSSR count). The van der Waals surface area contributed by atoms with Crippen molar-refractivity contribution in [2.75, 3.05) is 6.61 Å². The van der Waals surface area contributed by atoms with Crippen molar-refractivity contribution >= 4 is 28.8 Å². The minimum absolute atomic E-state index is 0.290. The van der Waals surface area contributed by atoms with E-state index in [0.29, 0.717) is 18.2 Å². The van der Waals surface area contributed by atoms with Crippen LogP contribution in [-0.2, 0) is 4.74 Å². The lowest BCUT2D eigenvalue weighted by atomic mass is 10.3. The third kappa shape index (κ3) is 1.92. The number of carbonyl (C=O) groups excluding carboxylic acids is 1. The molecule has 0 atom stereocenters. The second kappa shape index (κ2) is 3.88. The fraction of sp³-hybridized carbons (Fsp3) is 0.556. The van der Waals surface area contributed by atoms with Gasteiger partial charge in [-0.2, -0.15) is 7.99 Å². The Hall–Kier alpha value is -0.590. The van der Waals surface area contributed by atoms with Crippen molar-refractivity contribution in [3.05, 3.63) is 17.5 Å². The maximum absolute atomic E-state index is 11.4. The second-order valence-corrected chi connectivity index (χ2v) is 4.22. The highest BCUT2D eigenvalue weighted by atomic mass is 127. The molecule has 1 aliphatic rings. The number of carbonyl (C=O) groups is 1. The Balaban J connectivity index is 2.19. The highest BCUT2D eigenvalue weighted by molar-refractivity contribution is 14.1. The molecule has 76 valence electrons. The largest absolute Gasteiger partial charge is 0.461 e. The zero-order chi connectivity index (χ0) is 10.1. The molecule has 1 aliphatic carbocycles. The number of aromatic nitrogens is 2. The van der Waals surface area contributed by atoms with Crippen LogP contribution >= 0.6 is 22.9 Å². The molecule has 0 unspecified atom stereocenters. The summed E-state index contributed by atoms with van der Waals surface area (Å²) >= 11 is 2.00. The first kappa shape index (κ1) is 9.95. The van der Waals surface area contributed by atoms with Crippen LogP contribution in [0.1, 0.15) is 41.9 Å². The van der Waals surface area contributed by atoms with Gasteiger partial charge in [0.15, 0.2) is 5.69 Å². The van der Waals surface area contributed by atoms with Crippen molar-refractivity contribution in [1.29, 1.82) is 0 Å². The quantitative estimate of drug-likeness (QED) is 0.635. The summed E-state index contributed by atoms with van der Waals surface area (Å²) in [5.41, 5.74) is 1.55. The van der Waals surface area contributed by atoms with Gasteiger partial charge < -0.3 is 4.74 Å². The van der Waals surface area contributed by atoms with Crippen molar-refractivity contribution in [2.24, 2.45) is 0 Å². The van der Waals surface area contributed by atoms with E-state index in [0.717, 1.165) is 5.69 Å². The Bertz CT molecular complexity index is 358. The second-order valence-electron chi connectivity index (χ2n) is 3.31. The van der Waals surface area contributed by atoms with Crippen molar-refractivity contribution in [3.8, 4) is 0 Å². The number of esters is 1. The number of hydrogen-bond donors (Lipinski definition) is 0. The summed E-state index contributed by atoms with van der Waals surface area (Å²) in [6.07, 6.45) is 2.38. The predicted molar refractivity (Wildman–Crippen MR) is 59.6 cm³/mol. The van der Waals surface area contributed by atoms with Gasteiger partial charge in [-0.3, -0.25) is 0 Å². The Labute approximate surface area is 96.1 Å². The summed E-state index contributed by atoms with van der Waals surface area (Å²) in [5.74, 6) is 0.278. The molecule has 0 spiro atoms. The summed E-state index contributed by atoms with van der Waals surface area (Å²) in [5, 5.41) is 4.28. The molecule has 14 heavy (non-hydrogen) atoms. The minimum Gasteiger partial charge on any atom is -0.461 e. The first-order chi connectivity index (χ1) is 6.72. The molecule has 5 heteroatoms. The molecule has 1 heterocycles. The van der Waals surface area contributed by atoms with Gasteiger partial charge in [0.25, 0.3) is 0 Å². The third-order valence-corrected chi connectivity index (χ3v) is 2.90. The van der Waals surface area contributed by atoms with E-state index in [2.05, 4.69) is 5.10 Å². The minimum atomic E-state index is -0.290. The van der Waals surface area contributed by atoms with Crippen LogP contribution < -0.4 is 0 Å². The lowest BCUT2D eigenvalue weighted by molar-refractivity contribution is 0.0518. The Morgan fingerprint density at radius 3 is 3.07 bits per heavy atom. The summed E-state index contributed by atoms with van der Waals surface area (Å²) < 4.78 is 6.49. The average Bonchev–Trinajstić information content (AvgIpc) is 2.91. The molecule has 4 nitrogen and oxygen atoms in total. The van der Waals surface area contributed by atoms with Crippen molar-refractivity contribution in [2.45, 2.75) is 25.7 Å². The lowest BCUT2D eigenvalue weighted by Gasteiger charge is -1.98. The van der Waals surface area contributed by atoms with Crippen LogP contribution in [0.2, 0.25) is 0 Å². The fourth-order valence-corrected chi connectivity index (χ4v) is 1.88. The van der Waals surface area contributed by atoms with Gasteiger partial charge in [0.05, 0.1) is 35.2 Å². The van der Waals surface area contributed by atoms with Gasteiger partial charge in [0.2, 0.25) is 0 Å². The van der Waals surface area contributed by atoms with Gasteiger partial charge in [0.1, 0.15) is 0 Å². The molecule has 0 bridgehead atoms. The van der Waals surface area contributed by atoms with Crippen LogP contribution in [0.25, 0.3) is 0 Å². The molecule has 1 aromatic rings. The molecule has 0 aromatic carbocycles. The third-order valence-electron chi connectivity index (χ3n) is 2.17. The van der Waals surface area contributed by atoms with Gasteiger partial charge in [-0.05, 0) is 25.8 Å². The Morgan fingerprint density at radius 2 is 2.50 bits per heavy atom. The van der Waals surface area contributed by atoms with Gasteiger partial charge in [0, 0.05) is 5.92 Å². The molecule has 0 N–H and O–H groups in total. The summed E-state index contributed by atoms with van der Waals surface area (Å²) in [6.45, 7) is 2.20. The first-order valence-electron chi connectivity index (χ1n) is 4.65. The standard InChI is InChI=1S/C9H11IN2O2/c1-2-14-9(13)8-5-7(6-3-4-6)11-12(8)10/h5-6H,2-4H2,1H3. The van der Waals surface area contributed by atoms with E-state index in [-0.39, 0.29) is 5.97 Å². The van der Waals surface area contributed by atoms with Crippen LogP contribution in [0.3, 0.4) is 0 Å². The van der Waals surface area contributed by atoms with Crippen LogP contribution in [0.5, 0.6) is 0 Å². The maximum atomic E-state index is 11.4. The number of nitrogens with zero attached hydrogens (tertiary/aromatic N) is 2. The number of halogens is 1. The van der Waals surface area contributed by atoms with Crippen LogP contribution in [-0.4, -0.2) is 20.6 Å². The SMILES string of the molecule is CCOC(=O)c1cc(C2CC2)nn1I. The van der Waals surface area contributed by atoms with Crippen LogP contribution in [0.4, 0.5) is 0 Å². The number of hydrogen-bond acceptors (Lipinski definition) is 3. The monoisotopic (exact) mass is 306 g/mol. The van der Waals surface area contributed by atoms with E-state index in [4.69, 9.17) is 4.74 Å². The molecule has 0 aliphatic heterocycles.